The second-order valence-corrected chi connectivity index (χ2v) is 5.69. The van der Waals surface area contributed by atoms with Gasteiger partial charge in [-0.3, -0.25) is 0 Å². The van der Waals surface area contributed by atoms with E-state index < -0.39 is 0 Å². The quantitative estimate of drug-likeness (QED) is 0.504. The van der Waals surface area contributed by atoms with Gasteiger partial charge in [-0.15, -0.1) is 34.0 Å². The summed E-state index contributed by atoms with van der Waals surface area (Å²) in [5, 5.41) is 0. The summed E-state index contributed by atoms with van der Waals surface area (Å²) in [6, 6.07) is 0. The van der Waals surface area contributed by atoms with Crippen LogP contribution in [0.4, 0.5) is 0 Å². The molecule has 0 saturated heterocycles. The number of halogens is 2. The van der Waals surface area contributed by atoms with E-state index in [1.54, 1.807) is 8.90 Å². The van der Waals surface area contributed by atoms with E-state index in [4.69, 9.17) is 0 Å². The van der Waals surface area contributed by atoms with Crippen molar-refractivity contribution in [3.05, 3.63) is 21.1 Å². The minimum absolute atomic E-state index is 0. The summed E-state index contributed by atoms with van der Waals surface area (Å²) in [6.45, 7) is 0. The van der Waals surface area contributed by atoms with Crippen LogP contribution in [0.1, 0.15) is 32.1 Å². The van der Waals surface area contributed by atoms with Gasteiger partial charge in [0.25, 0.3) is 0 Å². The van der Waals surface area contributed by atoms with Gasteiger partial charge in [0.15, 0.2) is 0 Å². The van der Waals surface area contributed by atoms with Gasteiger partial charge in [0, 0.05) is 0 Å². The molecule has 0 radical (unpaired) electrons. The fraction of sp³-hybridized carbons (Fsp3) is 0.600. The zero-order valence-corrected chi connectivity index (χ0v) is 14.6. The van der Waals surface area contributed by atoms with Crippen molar-refractivity contribution < 1.29 is 24.4 Å². The van der Waals surface area contributed by atoms with Gasteiger partial charge < -0.3 is 0 Å². The zero-order chi connectivity index (χ0) is 7.68. The van der Waals surface area contributed by atoms with Crippen LogP contribution in [-0.2, 0) is 24.4 Å². The third-order valence-electron chi connectivity index (χ3n) is 2.76. The van der Waals surface area contributed by atoms with E-state index in [-0.39, 0.29) is 34.0 Å². The number of allylic oxidation sites excluding steroid dienone is 4. The molecule has 0 amide bonds. The molecule has 2 rings (SSSR count). The van der Waals surface area contributed by atoms with Gasteiger partial charge in [-0.2, -0.15) is 0 Å². The summed E-state index contributed by atoms with van der Waals surface area (Å²) < 4.78 is 1.76. The van der Waals surface area contributed by atoms with Crippen molar-refractivity contribution in [2.24, 2.45) is 5.92 Å². The monoisotopic (exact) mass is 473 g/mol. The molecule has 0 bridgehead atoms. The Hall–Kier alpha value is 1.31. The van der Waals surface area contributed by atoms with Crippen molar-refractivity contribution in [1.29, 1.82) is 0 Å². The second kappa shape index (κ2) is 6.73. The van der Waals surface area contributed by atoms with Gasteiger partial charge >= 0.3 is 83.5 Å². The van der Waals surface area contributed by atoms with Crippen molar-refractivity contribution in [1.82, 2.24) is 0 Å². The Labute approximate surface area is 116 Å². The molecule has 0 spiro atoms. The SMILES string of the molecule is Br.Br.[Hf][C]1=C(C2CCCC2)C=CC1. The standard InChI is InChI=1S/C10H13.2BrH.Hf/c1-2-6-9(5-1)10-7-3-4-8-10;;;/h1,5,10H,2-4,7-8H2;2*1H;. The van der Waals surface area contributed by atoms with Crippen LogP contribution >= 0.6 is 34.0 Å². The van der Waals surface area contributed by atoms with E-state index in [0.717, 1.165) is 5.92 Å². The average Bonchev–Trinajstić information content (AvgIpc) is 2.55. The molecule has 0 atom stereocenters. The van der Waals surface area contributed by atoms with Crippen LogP contribution in [0, 0.1) is 5.92 Å². The molecule has 0 N–H and O–H groups in total. The number of rotatable bonds is 1. The molecule has 0 aromatic heterocycles. The van der Waals surface area contributed by atoms with Crippen LogP contribution in [0.3, 0.4) is 0 Å². The molecule has 1 saturated carbocycles. The Balaban J connectivity index is 0.000000720. The molecule has 0 unspecified atom stereocenters. The molecule has 2 aliphatic rings. The van der Waals surface area contributed by atoms with Crippen LogP contribution in [0.25, 0.3) is 0 Å². The van der Waals surface area contributed by atoms with Crippen molar-refractivity contribution in [2.45, 2.75) is 32.1 Å². The van der Waals surface area contributed by atoms with Crippen molar-refractivity contribution in [2.75, 3.05) is 0 Å². The number of hydrogen-bond donors (Lipinski definition) is 0. The van der Waals surface area contributed by atoms with E-state index >= 15 is 0 Å². The maximum atomic E-state index is 2.39. The van der Waals surface area contributed by atoms with Gasteiger partial charge in [-0.25, -0.2) is 0 Å². The average molecular weight is 474 g/mol. The van der Waals surface area contributed by atoms with Crippen LogP contribution in [0.15, 0.2) is 21.1 Å². The first-order valence-corrected chi connectivity index (χ1v) is 6.29. The van der Waals surface area contributed by atoms with Gasteiger partial charge in [0.05, 0.1) is 0 Å². The summed E-state index contributed by atoms with van der Waals surface area (Å²) in [5.41, 5.74) is 1.73. The third-order valence-corrected chi connectivity index (χ3v) is 4.53. The summed E-state index contributed by atoms with van der Waals surface area (Å²) in [7, 11) is 0. The molecule has 0 aliphatic heterocycles. The van der Waals surface area contributed by atoms with E-state index in [2.05, 4.69) is 12.2 Å². The Kier molecular flexibility index (Phi) is 7.41. The van der Waals surface area contributed by atoms with Gasteiger partial charge in [0.2, 0.25) is 0 Å². The molecule has 13 heavy (non-hydrogen) atoms. The van der Waals surface area contributed by atoms with Crippen molar-refractivity contribution >= 4 is 34.0 Å². The summed E-state index contributed by atoms with van der Waals surface area (Å²) in [5.74, 6) is 0.959. The molecule has 0 aromatic rings. The van der Waals surface area contributed by atoms with Crippen LogP contribution in [0.5, 0.6) is 0 Å². The third kappa shape index (κ3) is 3.42. The van der Waals surface area contributed by atoms with E-state index in [0.29, 0.717) is 0 Å². The molecular formula is C10H15Br2Hf. The molecular weight excluding hydrogens is 458 g/mol. The fourth-order valence-corrected chi connectivity index (χ4v) is 3.60. The van der Waals surface area contributed by atoms with Crippen molar-refractivity contribution in [3.63, 3.8) is 0 Å². The van der Waals surface area contributed by atoms with Crippen LogP contribution in [0.2, 0.25) is 0 Å². The van der Waals surface area contributed by atoms with Crippen LogP contribution in [-0.4, -0.2) is 0 Å². The van der Waals surface area contributed by atoms with E-state index in [1.807, 2.05) is 0 Å². The first-order chi connectivity index (χ1) is 5.38. The zero-order valence-electron chi connectivity index (χ0n) is 7.58. The van der Waals surface area contributed by atoms with Gasteiger partial charge in [0.1, 0.15) is 0 Å². The molecule has 73 valence electrons. The molecule has 0 aromatic carbocycles. The summed E-state index contributed by atoms with van der Waals surface area (Å²) >= 11 is 1.29. The molecule has 3 heteroatoms. The van der Waals surface area contributed by atoms with E-state index in [9.17, 15) is 0 Å². The first kappa shape index (κ1) is 14.3. The van der Waals surface area contributed by atoms with Gasteiger partial charge in [-0.1, -0.05) is 0 Å². The molecule has 2 aliphatic carbocycles. The predicted molar refractivity (Wildman–Crippen MR) is 63.4 cm³/mol. The first-order valence-electron chi connectivity index (χ1n) is 4.49. The molecule has 0 nitrogen and oxygen atoms in total. The Morgan fingerprint density at radius 2 is 1.77 bits per heavy atom. The summed E-state index contributed by atoms with van der Waals surface area (Å²) in [4.78, 5) is 0. The molecule has 0 heterocycles. The predicted octanol–water partition coefficient (Wildman–Crippen LogP) is 4.09. The second-order valence-electron chi connectivity index (χ2n) is 3.52. The molecule has 1 fully saturated rings. The maximum absolute atomic E-state index is 2.39. The Morgan fingerprint density at radius 3 is 2.23 bits per heavy atom. The Morgan fingerprint density at radius 1 is 1.15 bits per heavy atom. The van der Waals surface area contributed by atoms with Crippen LogP contribution < -0.4 is 0 Å². The Bertz CT molecular complexity index is 215. The van der Waals surface area contributed by atoms with Gasteiger partial charge in [-0.05, 0) is 0 Å². The van der Waals surface area contributed by atoms with Crippen molar-refractivity contribution in [3.8, 4) is 0 Å². The fourth-order valence-electron chi connectivity index (χ4n) is 2.14. The summed E-state index contributed by atoms with van der Waals surface area (Å²) in [6.07, 6.45) is 11.9. The minimum atomic E-state index is 0. The van der Waals surface area contributed by atoms with E-state index in [1.165, 1.54) is 56.5 Å². The topological polar surface area (TPSA) is 0 Å². The normalized spacial score (nSPS) is 21.5. The number of hydrogen-bond acceptors (Lipinski definition) is 0.